The first-order valence-electron chi connectivity index (χ1n) is 9.67. The Morgan fingerprint density at radius 1 is 0.931 bits per heavy atom. The Morgan fingerprint density at radius 3 is 2.31 bits per heavy atom. The number of non-ortho nitro benzene ring substituents is 1. The number of carbonyl (C=O) groups excluding carboxylic acids is 2. The van der Waals surface area contributed by atoms with Crippen LogP contribution in [-0.2, 0) is 11.2 Å². The Morgan fingerprint density at radius 2 is 1.62 bits per heavy atom. The lowest BCUT2D eigenvalue weighted by atomic mass is 10.1. The van der Waals surface area contributed by atoms with Gasteiger partial charge in [-0.3, -0.25) is 24.6 Å². The molecule has 2 heterocycles. The third kappa shape index (κ3) is 3.97. The molecule has 0 atom stereocenters. The normalized spacial score (nSPS) is 16.6. The zero-order chi connectivity index (χ0) is 20.4. The highest BCUT2D eigenvalue weighted by Gasteiger charge is 2.28. The maximum Gasteiger partial charge on any atom is 0.269 e. The molecule has 8 nitrogen and oxygen atoms in total. The van der Waals surface area contributed by atoms with Crippen LogP contribution in [0.3, 0.4) is 0 Å². The molecular formula is C21H22N4O4. The van der Waals surface area contributed by atoms with Gasteiger partial charge in [-0.25, -0.2) is 0 Å². The highest BCUT2D eigenvalue weighted by atomic mass is 16.6. The van der Waals surface area contributed by atoms with E-state index in [0.717, 1.165) is 18.7 Å². The van der Waals surface area contributed by atoms with E-state index in [1.807, 2.05) is 23.1 Å². The average molecular weight is 394 g/mol. The summed E-state index contributed by atoms with van der Waals surface area (Å²) in [6.07, 6.45) is 0.888. The number of carbonyl (C=O) groups is 2. The van der Waals surface area contributed by atoms with Crippen LogP contribution in [0.2, 0.25) is 0 Å². The largest absolute Gasteiger partial charge is 0.336 e. The number of nitrogens with zero attached hydrogens (tertiary/aromatic N) is 4. The molecule has 0 bridgehead atoms. The van der Waals surface area contributed by atoms with Crippen molar-refractivity contribution in [3.05, 3.63) is 69.8 Å². The number of hydrogen-bond donors (Lipinski definition) is 0. The number of para-hydroxylation sites is 1. The Kier molecular flexibility index (Phi) is 5.26. The zero-order valence-electron chi connectivity index (χ0n) is 16.0. The molecule has 29 heavy (non-hydrogen) atoms. The molecule has 2 aliphatic heterocycles. The molecule has 0 aromatic heterocycles. The third-order valence-electron chi connectivity index (χ3n) is 5.53. The van der Waals surface area contributed by atoms with Crippen molar-refractivity contribution in [1.29, 1.82) is 0 Å². The van der Waals surface area contributed by atoms with Crippen LogP contribution >= 0.6 is 0 Å². The fourth-order valence-corrected chi connectivity index (χ4v) is 3.89. The van der Waals surface area contributed by atoms with Gasteiger partial charge in [-0.1, -0.05) is 18.2 Å². The van der Waals surface area contributed by atoms with E-state index >= 15 is 0 Å². The number of benzene rings is 2. The van der Waals surface area contributed by atoms with Crippen molar-refractivity contribution in [1.82, 2.24) is 9.80 Å². The molecule has 2 aliphatic rings. The van der Waals surface area contributed by atoms with Gasteiger partial charge in [0.05, 0.1) is 11.5 Å². The van der Waals surface area contributed by atoms with Crippen molar-refractivity contribution < 1.29 is 14.5 Å². The molecule has 0 radical (unpaired) electrons. The first-order chi connectivity index (χ1) is 14.0. The standard InChI is InChI=1S/C21H22N4O4/c26-20(24-10-9-16-3-1-2-4-19(16)24)15-22-11-13-23(14-12-22)21(27)17-5-7-18(8-6-17)25(28)29/h1-8H,9-15H2. The molecule has 0 aliphatic carbocycles. The maximum atomic E-state index is 12.7. The van der Waals surface area contributed by atoms with Gasteiger partial charge >= 0.3 is 0 Å². The van der Waals surface area contributed by atoms with Crippen LogP contribution in [0.5, 0.6) is 0 Å². The van der Waals surface area contributed by atoms with Crippen LogP contribution in [0, 0.1) is 10.1 Å². The lowest BCUT2D eigenvalue weighted by Crippen LogP contribution is -2.51. The summed E-state index contributed by atoms with van der Waals surface area (Å²) in [6, 6.07) is 13.7. The smallest absolute Gasteiger partial charge is 0.269 e. The van der Waals surface area contributed by atoms with Gasteiger partial charge in [-0.2, -0.15) is 0 Å². The van der Waals surface area contributed by atoms with Crippen molar-refractivity contribution in [3.63, 3.8) is 0 Å². The second-order valence-corrected chi connectivity index (χ2v) is 7.30. The van der Waals surface area contributed by atoms with E-state index in [-0.39, 0.29) is 17.5 Å². The molecule has 0 spiro atoms. The Hall–Kier alpha value is -3.26. The summed E-state index contributed by atoms with van der Waals surface area (Å²) in [6.45, 7) is 3.37. The minimum atomic E-state index is -0.483. The summed E-state index contributed by atoms with van der Waals surface area (Å²) in [5.41, 5.74) is 2.62. The molecule has 0 N–H and O–H groups in total. The first kappa shape index (κ1) is 19.1. The zero-order valence-corrected chi connectivity index (χ0v) is 16.0. The topological polar surface area (TPSA) is 87.0 Å². The Bertz CT molecular complexity index is 936. The Labute approximate surface area is 168 Å². The maximum absolute atomic E-state index is 12.7. The fraction of sp³-hybridized carbons (Fsp3) is 0.333. The summed E-state index contributed by atoms with van der Waals surface area (Å²) in [5.74, 6) is -0.0514. The summed E-state index contributed by atoms with van der Waals surface area (Å²) in [5, 5.41) is 10.7. The van der Waals surface area contributed by atoms with E-state index in [0.29, 0.717) is 38.3 Å². The van der Waals surface area contributed by atoms with Crippen LogP contribution in [0.4, 0.5) is 11.4 Å². The van der Waals surface area contributed by atoms with Crippen LogP contribution in [0.15, 0.2) is 48.5 Å². The van der Waals surface area contributed by atoms with Gasteiger partial charge in [0, 0.05) is 56.1 Å². The second-order valence-electron chi connectivity index (χ2n) is 7.30. The number of nitro benzene ring substituents is 1. The quantitative estimate of drug-likeness (QED) is 0.584. The van der Waals surface area contributed by atoms with Crippen LogP contribution < -0.4 is 4.90 Å². The van der Waals surface area contributed by atoms with Crippen molar-refractivity contribution in [2.24, 2.45) is 0 Å². The van der Waals surface area contributed by atoms with E-state index in [1.54, 1.807) is 4.90 Å². The van der Waals surface area contributed by atoms with E-state index in [9.17, 15) is 19.7 Å². The monoisotopic (exact) mass is 394 g/mol. The number of fused-ring (bicyclic) bond motifs is 1. The van der Waals surface area contributed by atoms with Gasteiger partial charge < -0.3 is 9.80 Å². The second kappa shape index (κ2) is 8.00. The minimum absolute atomic E-state index is 0.0339. The Balaban J connectivity index is 1.31. The highest BCUT2D eigenvalue weighted by molar-refractivity contribution is 5.97. The minimum Gasteiger partial charge on any atom is -0.336 e. The van der Waals surface area contributed by atoms with Gasteiger partial charge in [0.15, 0.2) is 0 Å². The molecule has 2 aromatic rings. The number of anilines is 1. The average Bonchev–Trinajstić information content (AvgIpc) is 3.18. The van der Waals surface area contributed by atoms with Crippen molar-refractivity contribution in [2.45, 2.75) is 6.42 Å². The van der Waals surface area contributed by atoms with Gasteiger partial charge in [0.2, 0.25) is 5.91 Å². The number of piperazine rings is 1. The highest BCUT2D eigenvalue weighted by Crippen LogP contribution is 2.27. The molecule has 2 amide bonds. The van der Waals surface area contributed by atoms with Gasteiger partial charge in [-0.15, -0.1) is 0 Å². The number of nitro groups is 1. The van der Waals surface area contributed by atoms with Crippen molar-refractivity contribution >= 4 is 23.2 Å². The summed E-state index contributed by atoms with van der Waals surface area (Å²) in [7, 11) is 0. The molecule has 1 fully saturated rings. The van der Waals surface area contributed by atoms with Gasteiger partial charge in [0.25, 0.3) is 11.6 Å². The number of rotatable bonds is 4. The number of hydrogen-bond acceptors (Lipinski definition) is 5. The molecule has 4 rings (SSSR count). The van der Waals surface area contributed by atoms with Crippen LogP contribution in [0.1, 0.15) is 15.9 Å². The predicted molar refractivity (Wildman–Crippen MR) is 108 cm³/mol. The molecule has 150 valence electrons. The lowest BCUT2D eigenvalue weighted by molar-refractivity contribution is -0.384. The summed E-state index contributed by atoms with van der Waals surface area (Å²) in [4.78, 5) is 41.3. The first-order valence-corrected chi connectivity index (χ1v) is 9.67. The van der Waals surface area contributed by atoms with Gasteiger partial charge in [0.1, 0.15) is 0 Å². The van der Waals surface area contributed by atoms with E-state index in [4.69, 9.17) is 0 Å². The molecule has 0 unspecified atom stereocenters. The van der Waals surface area contributed by atoms with Crippen LogP contribution in [-0.4, -0.2) is 65.8 Å². The van der Waals surface area contributed by atoms with E-state index in [2.05, 4.69) is 11.0 Å². The summed E-state index contributed by atoms with van der Waals surface area (Å²) >= 11 is 0. The predicted octanol–water partition coefficient (Wildman–Crippen LogP) is 1.94. The van der Waals surface area contributed by atoms with Crippen molar-refractivity contribution in [3.8, 4) is 0 Å². The van der Waals surface area contributed by atoms with Gasteiger partial charge in [-0.05, 0) is 30.2 Å². The molecular weight excluding hydrogens is 372 g/mol. The van der Waals surface area contributed by atoms with Crippen molar-refractivity contribution in [2.75, 3.05) is 44.2 Å². The molecule has 0 saturated carbocycles. The van der Waals surface area contributed by atoms with E-state index < -0.39 is 4.92 Å². The lowest BCUT2D eigenvalue weighted by Gasteiger charge is -2.35. The fourth-order valence-electron chi connectivity index (χ4n) is 3.89. The molecule has 2 aromatic carbocycles. The van der Waals surface area contributed by atoms with E-state index in [1.165, 1.54) is 29.8 Å². The third-order valence-corrected chi connectivity index (χ3v) is 5.53. The SMILES string of the molecule is O=C(c1ccc([N+](=O)[O-])cc1)N1CCN(CC(=O)N2CCc3ccccc32)CC1. The molecule has 1 saturated heterocycles. The number of amides is 2. The van der Waals surface area contributed by atoms with Crippen LogP contribution in [0.25, 0.3) is 0 Å². The molecule has 8 heteroatoms. The summed E-state index contributed by atoms with van der Waals surface area (Å²) < 4.78 is 0.